The molecule has 3 aromatic rings. The van der Waals surface area contributed by atoms with Crippen LogP contribution in [0.4, 0.5) is 0 Å². The van der Waals surface area contributed by atoms with Gasteiger partial charge in [0, 0.05) is 10.3 Å². The van der Waals surface area contributed by atoms with Crippen LogP contribution < -0.4 is 0 Å². The molecular weight excluding hydrogens is 266 g/mol. The molecule has 1 heterocycles. The number of aromatic nitrogens is 2. The van der Waals surface area contributed by atoms with Crippen LogP contribution in [0, 0.1) is 18.3 Å². The van der Waals surface area contributed by atoms with Crippen molar-refractivity contribution in [2.45, 2.75) is 16.8 Å². The predicted molar refractivity (Wildman–Crippen MR) is 79.6 cm³/mol. The Labute approximate surface area is 121 Å². The molecule has 0 unspecified atom stereocenters. The molecule has 0 radical (unpaired) electrons. The lowest BCUT2D eigenvalue weighted by atomic mass is 10.2. The second kappa shape index (κ2) is 5.32. The van der Waals surface area contributed by atoms with Crippen LogP contribution in [0.1, 0.15) is 11.1 Å². The van der Waals surface area contributed by atoms with E-state index in [4.69, 9.17) is 0 Å². The van der Waals surface area contributed by atoms with Crippen molar-refractivity contribution in [1.29, 1.82) is 5.26 Å². The summed E-state index contributed by atoms with van der Waals surface area (Å²) in [6.45, 7) is 1.98. The highest BCUT2D eigenvalue weighted by atomic mass is 32.2. The Bertz CT molecular complexity index is 816. The maximum absolute atomic E-state index is 9.24. The molecule has 1 aromatic heterocycles. The third kappa shape index (κ3) is 2.36. The van der Waals surface area contributed by atoms with Crippen LogP contribution in [0.2, 0.25) is 0 Å². The highest BCUT2D eigenvalue weighted by Crippen LogP contribution is 2.33. The van der Waals surface area contributed by atoms with Crippen LogP contribution in [-0.2, 0) is 0 Å². The van der Waals surface area contributed by atoms with Crippen molar-refractivity contribution in [3.8, 4) is 6.07 Å². The third-order valence-electron chi connectivity index (χ3n) is 2.97. The molecule has 0 atom stereocenters. The molecule has 4 heteroatoms. The Hall–Kier alpha value is -2.38. The van der Waals surface area contributed by atoms with Crippen LogP contribution >= 0.6 is 11.8 Å². The topological polar surface area (TPSA) is 49.6 Å². The van der Waals surface area contributed by atoms with Crippen molar-refractivity contribution in [2.24, 2.45) is 0 Å². The van der Waals surface area contributed by atoms with E-state index in [2.05, 4.69) is 16.0 Å². The summed E-state index contributed by atoms with van der Waals surface area (Å²) in [5.74, 6) is 0. The van der Waals surface area contributed by atoms with Gasteiger partial charge in [0.2, 0.25) is 0 Å². The fourth-order valence-corrected chi connectivity index (χ4v) is 2.93. The zero-order chi connectivity index (χ0) is 13.9. The maximum Gasteiger partial charge on any atom is 0.117 e. The van der Waals surface area contributed by atoms with Gasteiger partial charge in [-0.1, -0.05) is 36.0 Å². The van der Waals surface area contributed by atoms with Gasteiger partial charge in [0.05, 0.1) is 11.1 Å². The molecule has 0 fully saturated rings. The summed E-state index contributed by atoms with van der Waals surface area (Å²) >= 11 is 1.50. The first-order valence-corrected chi connectivity index (χ1v) is 6.98. The second-order valence-corrected chi connectivity index (χ2v) is 5.44. The third-order valence-corrected chi connectivity index (χ3v) is 4.06. The normalized spacial score (nSPS) is 10.4. The summed E-state index contributed by atoms with van der Waals surface area (Å²) in [5.41, 5.74) is 2.67. The van der Waals surface area contributed by atoms with Crippen LogP contribution in [0.15, 0.2) is 58.7 Å². The fourth-order valence-electron chi connectivity index (χ4n) is 1.99. The van der Waals surface area contributed by atoms with Crippen LogP contribution in [0.3, 0.4) is 0 Å². The monoisotopic (exact) mass is 277 g/mol. The number of para-hydroxylation sites is 1. The van der Waals surface area contributed by atoms with Crippen LogP contribution in [-0.4, -0.2) is 9.97 Å². The van der Waals surface area contributed by atoms with Crippen molar-refractivity contribution in [3.05, 3.63) is 59.9 Å². The Morgan fingerprint density at radius 2 is 1.95 bits per heavy atom. The van der Waals surface area contributed by atoms with Crippen LogP contribution in [0.25, 0.3) is 10.9 Å². The van der Waals surface area contributed by atoms with E-state index in [0.717, 1.165) is 26.4 Å². The summed E-state index contributed by atoms with van der Waals surface area (Å²) in [4.78, 5) is 9.51. The second-order valence-electron chi connectivity index (χ2n) is 4.41. The molecule has 96 valence electrons. The predicted octanol–water partition coefficient (Wildman–Crippen LogP) is 3.96. The van der Waals surface area contributed by atoms with Gasteiger partial charge in [0.25, 0.3) is 0 Å². The smallest absolute Gasteiger partial charge is 0.117 e. The number of benzene rings is 2. The summed E-state index contributed by atoms with van der Waals surface area (Å²) in [6, 6.07) is 16.0. The van der Waals surface area contributed by atoms with E-state index in [1.807, 2.05) is 49.4 Å². The van der Waals surface area contributed by atoms with E-state index in [9.17, 15) is 5.26 Å². The number of hydrogen-bond acceptors (Lipinski definition) is 4. The first-order valence-electron chi connectivity index (χ1n) is 6.16. The molecule has 0 amide bonds. The standard InChI is InChI=1S/C16H11N3S/c1-11-6-7-15(12(8-11)9-17)20-16-13-4-2-3-5-14(13)18-10-19-16/h2-8,10H,1H3. The number of nitrogens with zero attached hydrogens (tertiary/aromatic N) is 3. The maximum atomic E-state index is 9.24. The number of hydrogen-bond donors (Lipinski definition) is 0. The molecule has 0 spiro atoms. The molecule has 3 rings (SSSR count). The molecule has 0 aliphatic rings. The highest BCUT2D eigenvalue weighted by molar-refractivity contribution is 7.99. The van der Waals surface area contributed by atoms with E-state index in [1.54, 1.807) is 6.33 Å². The number of rotatable bonds is 2. The van der Waals surface area contributed by atoms with Crippen molar-refractivity contribution >= 4 is 22.7 Å². The van der Waals surface area contributed by atoms with Gasteiger partial charge in [-0.2, -0.15) is 5.26 Å². The van der Waals surface area contributed by atoms with Gasteiger partial charge in [-0.25, -0.2) is 9.97 Å². The van der Waals surface area contributed by atoms with Crippen molar-refractivity contribution in [3.63, 3.8) is 0 Å². The average Bonchev–Trinajstić information content (AvgIpc) is 2.49. The number of fused-ring (bicyclic) bond motifs is 1. The molecule has 0 bridgehead atoms. The van der Waals surface area contributed by atoms with Gasteiger partial charge in [0.15, 0.2) is 0 Å². The van der Waals surface area contributed by atoms with Gasteiger partial charge in [-0.15, -0.1) is 0 Å². The SMILES string of the molecule is Cc1ccc(Sc2ncnc3ccccc23)c(C#N)c1. The summed E-state index contributed by atoms with van der Waals surface area (Å²) in [5, 5.41) is 11.1. The van der Waals surface area contributed by atoms with E-state index < -0.39 is 0 Å². The molecule has 0 saturated carbocycles. The lowest BCUT2D eigenvalue weighted by Gasteiger charge is -2.06. The Morgan fingerprint density at radius 1 is 1.10 bits per heavy atom. The van der Waals surface area contributed by atoms with E-state index >= 15 is 0 Å². The van der Waals surface area contributed by atoms with E-state index in [1.165, 1.54) is 11.8 Å². The quantitative estimate of drug-likeness (QED) is 0.665. The minimum Gasteiger partial charge on any atom is -0.236 e. The highest BCUT2D eigenvalue weighted by Gasteiger charge is 2.08. The summed E-state index contributed by atoms with van der Waals surface area (Å²) in [6.07, 6.45) is 1.56. The zero-order valence-corrected chi connectivity index (χ0v) is 11.7. The number of nitriles is 1. The van der Waals surface area contributed by atoms with Gasteiger partial charge in [0.1, 0.15) is 17.4 Å². The summed E-state index contributed by atoms with van der Waals surface area (Å²) < 4.78 is 0. The van der Waals surface area contributed by atoms with Gasteiger partial charge >= 0.3 is 0 Å². The van der Waals surface area contributed by atoms with Crippen molar-refractivity contribution < 1.29 is 0 Å². The molecule has 20 heavy (non-hydrogen) atoms. The molecule has 0 aliphatic heterocycles. The summed E-state index contributed by atoms with van der Waals surface area (Å²) in [7, 11) is 0. The molecule has 0 aliphatic carbocycles. The Kier molecular flexibility index (Phi) is 3.36. The molecule has 0 saturated heterocycles. The average molecular weight is 277 g/mol. The molecule has 0 N–H and O–H groups in total. The largest absolute Gasteiger partial charge is 0.236 e. The zero-order valence-electron chi connectivity index (χ0n) is 10.9. The molecule has 3 nitrogen and oxygen atoms in total. The van der Waals surface area contributed by atoms with Gasteiger partial charge in [-0.05, 0) is 30.7 Å². The van der Waals surface area contributed by atoms with Crippen LogP contribution in [0.5, 0.6) is 0 Å². The molecular formula is C16H11N3S. The van der Waals surface area contributed by atoms with Gasteiger partial charge in [-0.3, -0.25) is 0 Å². The first-order chi connectivity index (χ1) is 9.78. The van der Waals surface area contributed by atoms with Gasteiger partial charge < -0.3 is 0 Å². The molecule has 2 aromatic carbocycles. The lowest BCUT2D eigenvalue weighted by molar-refractivity contribution is 1.10. The van der Waals surface area contributed by atoms with E-state index in [-0.39, 0.29) is 0 Å². The fraction of sp³-hybridized carbons (Fsp3) is 0.0625. The van der Waals surface area contributed by atoms with Crippen molar-refractivity contribution in [1.82, 2.24) is 9.97 Å². The Balaban J connectivity index is 2.08. The minimum absolute atomic E-state index is 0.678. The van der Waals surface area contributed by atoms with E-state index in [0.29, 0.717) is 5.56 Å². The minimum atomic E-state index is 0.678. The lowest BCUT2D eigenvalue weighted by Crippen LogP contribution is -1.88. The Morgan fingerprint density at radius 3 is 2.80 bits per heavy atom. The van der Waals surface area contributed by atoms with Crippen molar-refractivity contribution in [2.75, 3.05) is 0 Å². The number of aryl methyl sites for hydroxylation is 1. The first kappa shape index (κ1) is 12.6.